The summed E-state index contributed by atoms with van der Waals surface area (Å²) >= 11 is 1.44. The lowest BCUT2D eigenvalue weighted by molar-refractivity contribution is -0.134. The van der Waals surface area contributed by atoms with Gasteiger partial charge >= 0.3 is 5.97 Å². The van der Waals surface area contributed by atoms with E-state index in [1.807, 2.05) is 120 Å². The van der Waals surface area contributed by atoms with Gasteiger partial charge in [-0.15, -0.1) is 0 Å². The second kappa shape index (κ2) is 20.9. The molecule has 4 aliphatic heterocycles. The number of anilines is 3. The van der Waals surface area contributed by atoms with Crippen LogP contribution in [0.25, 0.3) is 32.2 Å². The van der Waals surface area contributed by atoms with Crippen LogP contribution in [0.1, 0.15) is 108 Å². The number of hydrogen-bond acceptors (Lipinski definition) is 14. The molecule has 0 spiro atoms. The van der Waals surface area contributed by atoms with Crippen LogP contribution in [0.15, 0.2) is 91.0 Å². The van der Waals surface area contributed by atoms with Gasteiger partial charge in [0.1, 0.15) is 23.8 Å². The van der Waals surface area contributed by atoms with E-state index >= 15 is 0 Å². The number of para-hydroxylation sites is 1. The fraction of sp³-hybridized carbons (Fsp3) is 0.379. The number of thiazole rings is 1. The van der Waals surface area contributed by atoms with Crippen LogP contribution < -0.4 is 25.6 Å². The highest BCUT2D eigenvalue weighted by molar-refractivity contribution is 7.22. The zero-order chi connectivity index (χ0) is 52.8. The van der Waals surface area contributed by atoms with E-state index in [9.17, 15) is 24.0 Å². The maximum atomic E-state index is 14.1. The van der Waals surface area contributed by atoms with Gasteiger partial charge in [0, 0.05) is 60.8 Å². The Kier molecular flexibility index (Phi) is 13.9. The lowest BCUT2D eigenvalue weighted by Crippen LogP contribution is -2.48. The summed E-state index contributed by atoms with van der Waals surface area (Å²) in [5.41, 5.74) is 7.17. The molecule has 3 fully saturated rings. The van der Waals surface area contributed by atoms with Gasteiger partial charge < -0.3 is 24.4 Å². The van der Waals surface area contributed by atoms with Crippen molar-refractivity contribution in [2.45, 2.75) is 109 Å². The minimum absolute atomic E-state index is 0.0428. The Hall–Kier alpha value is -7.54. The van der Waals surface area contributed by atoms with Gasteiger partial charge in [-0.05, 0) is 143 Å². The van der Waals surface area contributed by atoms with Crippen LogP contribution >= 0.6 is 11.3 Å². The predicted octanol–water partition coefficient (Wildman–Crippen LogP) is 8.87. The topological polar surface area (TPSA) is 199 Å². The molecular weight excluding hydrogens is 983 g/mol. The molecule has 4 aromatic carbocycles. The molecule has 18 heteroatoms. The van der Waals surface area contributed by atoms with Crippen molar-refractivity contribution in [3.63, 3.8) is 0 Å². The number of benzene rings is 4. The molecule has 7 aromatic rings. The first-order chi connectivity index (χ1) is 36.6. The van der Waals surface area contributed by atoms with Crippen LogP contribution in [0.3, 0.4) is 0 Å². The molecule has 3 saturated heterocycles. The van der Waals surface area contributed by atoms with Crippen molar-refractivity contribution in [3.05, 3.63) is 125 Å². The van der Waals surface area contributed by atoms with E-state index in [0.29, 0.717) is 78.4 Å². The Balaban J connectivity index is 0.712. The van der Waals surface area contributed by atoms with E-state index in [0.717, 1.165) is 69.1 Å². The summed E-state index contributed by atoms with van der Waals surface area (Å²) in [5, 5.41) is 14.5. The highest BCUT2D eigenvalue weighted by Crippen LogP contribution is 2.39. The lowest BCUT2D eigenvalue weighted by Gasteiger charge is -2.38. The Morgan fingerprint density at radius 2 is 1.66 bits per heavy atom. The first-order valence-corrected chi connectivity index (χ1v) is 26.9. The molecule has 2 bridgehead atoms. The Morgan fingerprint density at radius 1 is 0.855 bits per heavy atom. The van der Waals surface area contributed by atoms with E-state index in [-0.39, 0.29) is 60.5 Å². The van der Waals surface area contributed by atoms with E-state index in [1.165, 1.54) is 11.3 Å². The molecule has 4 amide bonds. The number of amides is 4. The van der Waals surface area contributed by atoms with Gasteiger partial charge in [-0.3, -0.25) is 39.4 Å². The van der Waals surface area contributed by atoms with Crippen molar-refractivity contribution in [1.82, 2.24) is 30.0 Å². The highest BCUT2D eigenvalue weighted by Gasteiger charge is 2.42. The summed E-state index contributed by atoms with van der Waals surface area (Å²) < 4.78 is 21.5. The van der Waals surface area contributed by atoms with E-state index in [4.69, 9.17) is 19.2 Å². The standard InChI is InChI=1S/C58H61N9O8S/c1-33-39(40-20-22-49(61-53(40)56(72)75-58(2,3)4)66-25-24-34-10-8-12-41(44(34)31-66)54(70)63-57-60-45-13-6-7-15-48(45)76-57)11-9-14-47(33)74-27-26-73-38-29-36-17-18-37(30-38)67(36)32-51(69)59-35-16-19-42-46(28-35)65(5)64-52(42)43-21-23-50(68)62-55(43)71/h6-16,19-20,22,28,36-38,43H,17-18,21,23-27,29-32H2,1-5H3,(H,59,69)(H,60,63,70)(H,62,68,71)/t36-,37+,38-,43?. The molecular formula is C58H61N9O8S. The van der Waals surface area contributed by atoms with Crippen LogP contribution in [-0.4, -0.2) is 104 Å². The van der Waals surface area contributed by atoms with Crippen LogP contribution in [0.4, 0.5) is 16.6 Å². The van der Waals surface area contributed by atoms with E-state index in [2.05, 4.69) is 41.9 Å². The number of imide groups is 1. The third kappa shape index (κ3) is 10.5. The van der Waals surface area contributed by atoms with E-state index < -0.39 is 17.5 Å². The fourth-order valence-electron chi connectivity index (χ4n) is 11.4. The SMILES string of the molecule is Cc1c(OCCO[C@@H]2C[C@H]3CC[C@@H](C2)N3CC(=O)Nc2ccc3c(C4CCC(=O)NC4=O)nn(C)c3c2)cccc1-c1ccc(N2CCc3cccc(C(=O)Nc4nc5ccccc5s4)c3C2)nc1C(=O)OC(C)(C)C. The molecule has 7 heterocycles. The first kappa shape index (κ1) is 50.6. The van der Waals surface area contributed by atoms with Crippen molar-refractivity contribution in [2.75, 3.05) is 41.8 Å². The fourth-order valence-corrected chi connectivity index (χ4v) is 12.3. The van der Waals surface area contributed by atoms with Crippen molar-refractivity contribution in [1.29, 1.82) is 0 Å². The molecule has 1 unspecified atom stereocenters. The number of aryl methyl sites for hydroxylation is 1. The smallest absolute Gasteiger partial charge is 0.358 e. The van der Waals surface area contributed by atoms with Crippen LogP contribution in [0.5, 0.6) is 5.75 Å². The number of rotatable bonds is 14. The van der Waals surface area contributed by atoms with Gasteiger partial charge in [0.2, 0.25) is 17.7 Å². The van der Waals surface area contributed by atoms with Crippen LogP contribution in [0.2, 0.25) is 0 Å². The predicted molar refractivity (Wildman–Crippen MR) is 291 cm³/mol. The van der Waals surface area contributed by atoms with Gasteiger partial charge in [0.15, 0.2) is 10.8 Å². The molecule has 17 nitrogen and oxygen atoms in total. The minimum atomic E-state index is -0.765. The van der Waals surface area contributed by atoms with Crippen molar-refractivity contribution in [2.24, 2.45) is 7.05 Å². The van der Waals surface area contributed by atoms with Crippen molar-refractivity contribution >= 4 is 78.7 Å². The van der Waals surface area contributed by atoms with Crippen molar-refractivity contribution in [3.8, 4) is 16.9 Å². The number of nitrogens with zero attached hydrogens (tertiary/aromatic N) is 6. The second-order valence-corrected chi connectivity index (χ2v) is 22.2. The molecule has 0 radical (unpaired) electrons. The lowest BCUT2D eigenvalue weighted by atomic mass is 9.93. The number of carbonyl (C=O) groups is 5. The van der Waals surface area contributed by atoms with Gasteiger partial charge in [-0.25, -0.2) is 14.8 Å². The summed E-state index contributed by atoms with van der Waals surface area (Å²) in [6.45, 7) is 9.54. The number of fused-ring (bicyclic) bond motifs is 5. The van der Waals surface area contributed by atoms with Gasteiger partial charge in [0.25, 0.3) is 5.91 Å². The molecule has 4 atom stereocenters. The normalized spacial score (nSPS) is 19.6. The first-order valence-electron chi connectivity index (χ1n) is 26.1. The number of pyridine rings is 1. The molecule has 0 saturated carbocycles. The summed E-state index contributed by atoms with van der Waals surface area (Å²) in [6.07, 6.45) is 5.07. The Labute approximate surface area is 444 Å². The van der Waals surface area contributed by atoms with Gasteiger partial charge in [-0.2, -0.15) is 5.10 Å². The number of aromatic nitrogens is 4. The second-order valence-electron chi connectivity index (χ2n) is 21.2. The quantitative estimate of drug-likeness (QED) is 0.0531. The Morgan fingerprint density at radius 3 is 2.45 bits per heavy atom. The third-order valence-corrected chi connectivity index (χ3v) is 15.9. The van der Waals surface area contributed by atoms with Gasteiger partial charge in [-0.1, -0.05) is 47.7 Å². The number of piperidine rings is 2. The maximum absolute atomic E-state index is 14.1. The number of ether oxygens (including phenoxy) is 3. The summed E-state index contributed by atoms with van der Waals surface area (Å²) in [4.78, 5) is 79.8. The highest BCUT2D eigenvalue weighted by atomic mass is 32.1. The molecule has 11 rings (SSSR count). The van der Waals surface area contributed by atoms with Gasteiger partial charge in [0.05, 0.1) is 46.6 Å². The molecule has 4 aliphatic rings. The maximum Gasteiger partial charge on any atom is 0.358 e. The molecule has 3 aromatic heterocycles. The molecule has 76 heavy (non-hydrogen) atoms. The average molecular weight is 1040 g/mol. The molecule has 392 valence electrons. The zero-order valence-corrected chi connectivity index (χ0v) is 44.1. The summed E-state index contributed by atoms with van der Waals surface area (Å²) in [7, 11) is 1.81. The van der Waals surface area contributed by atoms with E-state index in [1.54, 1.807) is 4.68 Å². The summed E-state index contributed by atoms with van der Waals surface area (Å²) in [6, 6.07) is 29.3. The monoisotopic (exact) mass is 1040 g/mol. The summed E-state index contributed by atoms with van der Waals surface area (Å²) in [5.74, 6) is -0.685. The molecule has 3 N–H and O–H groups in total. The Bertz CT molecular complexity index is 3390. The number of hydrogen-bond donors (Lipinski definition) is 3. The van der Waals surface area contributed by atoms with Crippen LogP contribution in [0, 0.1) is 6.92 Å². The number of carbonyl (C=O) groups excluding carboxylic acids is 5. The van der Waals surface area contributed by atoms with Crippen molar-refractivity contribution < 1.29 is 38.2 Å². The third-order valence-electron chi connectivity index (χ3n) is 15.0. The largest absolute Gasteiger partial charge is 0.491 e. The molecule has 0 aliphatic carbocycles. The minimum Gasteiger partial charge on any atom is -0.491 e. The number of esters is 1. The zero-order valence-electron chi connectivity index (χ0n) is 43.3. The number of nitrogens with one attached hydrogen (secondary N) is 3. The van der Waals surface area contributed by atoms with Crippen LogP contribution in [-0.2, 0) is 43.9 Å². The average Bonchev–Trinajstić information content (AvgIpc) is 4.04.